The first kappa shape index (κ1) is 20.8. The van der Waals surface area contributed by atoms with Crippen molar-refractivity contribution in [3.05, 3.63) is 68.7 Å². The SMILES string of the molecule is CCOC(=O)c1ccccc1NC(=O)COC(=O)c1ccc([N+](=O)[O-])cc1Cl. The molecule has 0 unspecified atom stereocenters. The van der Waals surface area contributed by atoms with E-state index in [9.17, 15) is 24.5 Å². The number of ether oxygens (including phenoxy) is 2. The highest BCUT2D eigenvalue weighted by molar-refractivity contribution is 6.33. The zero-order chi connectivity index (χ0) is 20.7. The number of benzene rings is 2. The summed E-state index contributed by atoms with van der Waals surface area (Å²) in [4.78, 5) is 46.0. The van der Waals surface area contributed by atoms with E-state index in [1.54, 1.807) is 19.1 Å². The molecule has 9 nitrogen and oxygen atoms in total. The number of anilines is 1. The molecule has 0 spiro atoms. The van der Waals surface area contributed by atoms with Gasteiger partial charge in [-0.3, -0.25) is 14.9 Å². The predicted molar refractivity (Wildman–Crippen MR) is 99.4 cm³/mol. The molecule has 2 aromatic carbocycles. The van der Waals surface area contributed by atoms with Crippen LogP contribution in [0.4, 0.5) is 11.4 Å². The zero-order valence-electron chi connectivity index (χ0n) is 14.6. The van der Waals surface area contributed by atoms with E-state index in [4.69, 9.17) is 21.1 Å². The van der Waals surface area contributed by atoms with Crippen molar-refractivity contribution >= 4 is 40.8 Å². The Morgan fingerprint density at radius 3 is 2.39 bits per heavy atom. The number of amides is 1. The lowest BCUT2D eigenvalue weighted by atomic mass is 10.2. The Balaban J connectivity index is 2.01. The van der Waals surface area contributed by atoms with Gasteiger partial charge in [0.1, 0.15) is 0 Å². The summed E-state index contributed by atoms with van der Waals surface area (Å²) in [7, 11) is 0. The van der Waals surface area contributed by atoms with Gasteiger partial charge in [0.2, 0.25) is 0 Å². The Labute approximate surface area is 164 Å². The van der Waals surface area contributed by atoms with Crippen molar-refractivity contribution in [3.8, 4) is 0 Å². The third-order valence-electron chi connectivity index (χ3n) is 3.41. The molecular weight excluding hydrogens is 392 g/mol. The van der Waals surface area contributed by atoms with Gasteiger partial charge in [-0.25, -0.2) is 9.59 Å². The van der Waals surface area contributed by atoms with Gasteiger partial charge in [-0.05, 0) is 25.1 Å². The maximum atomic E-state index is 12.0. The number of nitro benzene ring substituents is 1. The first-order valence-electron chi connectivity index (χ1n) is 8.00. The first-order chi connectivity index (χ1) is 13.3. The molecule has 0 heterocycles. The molecule has 0 atom stereocenters. The van der Waals surface area contributed by atoms with E-state index in [2.05, 4.69) is 5.32 Å². The average Bonchev–Trinajstić information content (AvgIpc) is 2.66. The number of rotatable bonds is 7. The lowest BCUT2D eigenvalue weighted by molar-refractivity contribution is -0.384. The van der Waals surface area contributed by atoms with Crippen molar-refractivity contribution in [2.45, 2.75) is 6.92 Å². The Bertz CT molecular complexity index is 930. The minimum absolute atomic E-state index is 0.119. The van der Waals surface area contributed by atoms with E-state index in [0.29, 0.717) is 0 Å². The normalized spacial score (nSPS) is 10.1. The molecule has 1 amide bonds. The third kappa shape index (κ3) is 5.27. The summed E-state index contributed by atoms with van der Waals surface area (Å²) in [6, 6.07) is 9.44. The number of halogens is 1. The first-order valence-corrected chi connectivity index (χ1v) is 8.38. The van der Waals surface area contributed by atoms with Crippen LogP contribution in [-0.4, -0.2) is 36.0 Å². The molecule has 146 valence electrons. The fourth-order valence-corrected chi connectivity index (χ4v) is 2.41. The zero-order valence-corrected chi connectivity index (χ0v) is 15.4. The van der Waals surface area contributed by atoms with Gasteiger partial charge in [0.25, 0.3) is 11.6 Å². The lowest BCUT2D eigenvalue weighted by Gasteiger charge is -2.11. The fraction of sp³-hybridized carbons (Fsp3) is 0.167. The van der Waals surface area contributed by atoms with Crippen LogP contribution in [0.2, 0.25) is 5.02 Å². The number of hydrogen-bond donors (Lipinski definition) is 1. The highest BCUT2D eigenvalue weighted by Gasteiger charge is 2.18. The van der Waals surface area contributed by atoms with Crippen LogP contribution in [0.1, 0.15) is 27.6 Å². The smallest absolute Gasteiger partial charge is 0.340 e. The molecule has 0 aliphatic carbocycles. The Kier molecular flexibility index (Phi) is 7.05. The van der Waals surface area contributed by atoms with Crippen molar-refractivity contribution in [3.63, 3.8) is 0 Å². The summed E-state index contributed by atoms with van der Waals surface area (Å²) in [6.45, 7) is 1.18. The quantitative estimate of drug-likeness (QED) is 0.425. The monoisotopic (exact) mass is 406 g/mol. The Morgan fingerprint density at radius 2 is 1.75 bits per heavy atom. The molecule has 0 aliphatic rings. The second kappa shape index (κ2) is 9.47. The third-order valence-corrected chi connectivity index (χ3v) is 3.73. The molecular formula is C18H15ClN2O7. The highest BCUT2D eigenvalue weighted by Crippen LogP contribution is 2.23. The summed E-state index contributed by atoms with van der Waals surface area (Å²) in [5.74, 6) is -2.22. The highest BCUT2D eigenvalue weighted by atomic mass is 35.5. The van der Waals surface area contributed by atoms with Crippen LogP contribution < -0.4 is 5.32 Å². The molecule has 0 aliphatic heterocycles. The van der Waals surface area contributed by atoms with E-state index < -0.39 is 29.4 Å². The summed E-state index contributed by atoms with van der Waals surface area (Å²) >= 11 is 5.84. The van der Waals surface area contributed by atoms with Crippen molar-refractivity contribution in [1.82, 2.24) is 0 Å². The Hall–Kier alpha value is -3.46. The van der Waals surface area contributed by atoms with E-state index in [-0.39, 0.29) is 34.1 Å². The average molecular weight is 407 g/mol. The maximum absolute atomic E-state index is 12.0. The van der Waals surface area contributed by atoms with Gasteiger partial charge in [0.15, 0.2) is 6.61 Å². The standard InChI is InChI=1S/C18H15ClN2O7/c1-2-27-18(24)13-5-3-4-6-15(13)20-16(22)10-28-17(23)12-8-7-11(21(25)26)9-14(12)19/h3-9H,2,10H2,1H3,(H,20,22). The molecule has 28 heavy (non-hydrogen) atoms. The summed E-state index contributed by atoms with van der Waals surface area (Å²) < 4.78 is 9.78. The number of carbonyl (C=O) groups excluding carboxylic acids is 3. The largest absolute Gasteiger partial charge is 0.462 e. The van der Waals surface area contributed by atoms with Crippen molar-refractivity contribution in [1.29, 1.82) is 0 Å². The number of esters is 2. The molecule has 10 heteroatoms. The van der Waals surface area contributed by atoms with E-state index in [0.717, 1.165) is 18.2 Å². The van der Waals surface area contributed by atoms with Crippen LogP contribution in [0.25, 0.3) is 0 Å². The molecule has 0 bridgehead atoms. The van der Waals surface area contributed by atoms with Gasteiger partial charge in [-0.2, -0.15) is 0 Å². The van der Waals surface area contributed by atoms with E-state index in [1.807, 2.05) is 0 Å². The fourth-order valence-electron chi connectivity index (χ4n) is 2.16. The number of hydrogen-bond acceptors (Lipinski definition) is 7. The van der Waals surface area contributed by atoms with Gasteiger partial charge in [0.05, 0.1) is 33.4 Å². The van der Waals surface area contributed by atoms with E-state index >= 15 is 0 Å². The molecule has 0 fully saturated rings. The molecule has 1 N–H and O–H groups in total. The van der Waals surface area contributed by atoms with Crippen LogP contribution in [0.5, 0.6) is 0 Å². The van der Waals surface area contributed by atoms with Gasteiger partial charge in [-0.15, -0.1) is 0 Å². The molecule has 0 radical (unpaired) electrons. The molecule has 2 aromatic rings. The van der Waals surface area contributed by atoms with Crippen LogP contribution >= 0.6 is 11.6 Å². The van der Waals surface area contributed by atoms with Gasteiger partial charge >= 0.3 is 11.9 Å². The summed E-state index contributed by atoms with van der Waals surface area (Å²) in [6.07, 6.45) is 0. The minimum Gasteiger partial charge on any atom is -0.462 e. The number of carbonyl (C=O) groups is 3. The number of nitro groups is 1. The maximum Gasteiger partial charge on any atom is 0.340 e. The van der Waals surface area contributed by atoms with Gasteiger partial charge in [-0.1, -0.05) is 23.7 Å². The predicted octanol–water partition coefficient (Wildman–Crippen LogP) is 3.22. The summed E-state index contributed by atoms with van der Waals surface area (Å²) in [5, 5.41) is 13.0. The van der Waals surface area contributed by atoms with Gasteiger partial charge in [0, 0.05) is 12.1 Å². The van der Waals surface area contributed by atoms with Crippen LogP contribution in [0.15, 0.2) is 42.5 Å². The minimum atomic E-state index is -0.922. The number of nitrogens with zero attached hydrogens (tertiary/aromatic N) is 1. The topological polar surface area (TPSA) is 125 Å². The van der Waals surface area contributed by atoms with Crippen molar-refractivity contribution < 1.29 is 28.8 Å². The van der Waals surface area contributed by atoms with Gasteiger partial charge < -0.3 is 14.8 Å². The molecule has 0 aromatic heterocycles. The molecule has 0 saturated heterocycles. The van der Waals surface area contributed by atoms with Crippen LogP contribution in [0, 0.1) is 10.1 Å². The second-order valence-electron chi connectivity index (χ2n) is 5.31. The molecule has 0 saturated carbocycles. The van der Waals surface area contributed by atoms with Crippen molar-refractivity contribution in [2.24, 2.45) is 0 Å². The number of non-ortho nitro benzene ring substituents is 1. The number of nitrogens with one attached hydrogen (secondary N) is 1. The Morgan fingerprint density at radius 1 is 1.07 bits per heavy atom. The summed E-state index contributed by atoms with van der Waals surface area (Å²) in [5.41, 5.74) is -0.0420. The van der Waals surface area contributed by atoms with Crippen LogP contribution in [-0.2, 0) is 14.3 Å². The van der Waals surface area contributed by atoms with Crippen LogP contribution in [0.3, 0.4) is 0 Å². The number of para-hydroxylation sites is 1. The van der Waals surface area contributed by atoms with Crippen molar-refractivity contribution in [2.75, 3.05) is 18.5 Å². The molecule has 2 rings (SSSR count). The second-order valence-corrected chi connectivity index (χ2v) is 5.72. The van der Waals surface area contributed by atoms with E-state index in [1.165, 1.54) is 12.1 Å². The lowest BCUT2D eigenvalue weighted by Crippen LogP contribution is -2.22.